The molecule has 1 aliphatic rings. The Morgan fingerprint density at radius 1 is 1.41 bits per heavy atom. The molecule has 2 heterocycles. The molecule has 0 aromatic carbocycles. The van der Waals surface area contributed by atoms with Gasteiger partial charge < -0.3 is 11.1 Å². The normalized spacial score (nSPS) is 17.6. The Labute approximate surface area is 102 Å². The van der Waals surface area contributed by atoms with Crippen LogP contribution in [-0.4, -0.2) is 41.0 Å². The summed E-state index contributed by atoms with van der Waals surface area (Å²) in [5.74, 6) is 0.760. The largest absolute Gasteiger partial charge is 0.368 e. The zero-order chi connectivity index (χ0) is 12.3. The van der Waals surface area contributed by atoms with Crippen LogP contribution in [0.1, 0.15) is 31.0 Å². The van der Waals surface area contributed by atoms with Gasteiger partial charge in [0.2, 0.25) is 5.95 Å². The third-order valence-electron chi connectivity index (χ3n) is 3.07. The Morgan fingerprint density at radius 3 is 2.76 bits per heavy atom. The lowest BCUT2D eigenvalue weighted by Gasteiger charge is -2.28. The molecule has 3 N–H and O–H groups in total. The predicted octanol–water partition coefficient (Wildman–Crippen LogP) is 0.587. The number of hydrogen-bond donors (Lipinski definition) is 2. The third kappa shape index (κ3) is 3.14. The zero-order valence-electron chi connectivity index (χ0n) is 10.6. The molecule has 0 aliphatic carbocycles. The fourth-order valence-electron chi connectivity index (χ4n) is 2.17. The smallest absolute Gasteiger partial charge is 0.220 e. The maximum Gasteiger partial charge on any atom is 0.220 e. The lowest BCUT2D eigenvalue weighted by molar-refractivity contribution is 0.232. The monoisotopic (exact) mass is 235 g/mol. The van der Waals surface area contributed by atoms with Crippen LogP contribution in [-0.2, 0) is 6.54 Å². The van der Waals surface area contributed by atoms with Crippen LogP contribution >= 0.6 is 0 Å². The minimum absolute atomic E-state index is 0.373. The number of rotatable bonds is 3. The van der Waals surface area contributed by atoms with Gasteiger partial charge in [0.1, 0.15) is 0 Å². The molecule has 0 amide bonds. The summed E-state index contributed by atoms with van der Waals surface area (Å²) in [4.78, 5) is 10.9. The molecule has 2 rings (SSSR count). The highest BCUT2D eigenvalue weighted by Crippen LogP contribution is 2.18. The Bertz CT molecular complexity index is 371. The molecule has 17 heavy (non-hydrogen) atoms. The first-order valence-corrected chi connectivity index (χ1v) is 6.21. The maximum absolute atomic E-state index is 5.65. The summed E-state index contributed by atoms with van der Waals surface area (Å²) in [7, 11) is 0. The molecule has 1 saturated heterocycles. The molecule has 94 valence electrons. The van der Waals surface area contributed by atoms with Crippen molar-refractivity contribution >= 4 is 5.95 Å². The van der Waals surface area contributed by atoms with Gasteiger partial charge in [-0.15, -0.1) is 0 Å². The molecular weight excluding hydrogens is 214 g/mol. The Hall–Kier alpha value is -1.20. The van der Waals surface area contributed by atoms with Crippen LogP contribution in [0.2, 0.25) is 0 Å². The second-order valence-corrected chi connectivity index (χ2v) is 4.82. The zero-order valence-corrected chi connectivity index (χ0v) is 10.6. The summed E-state index contributed by atoms with van der Waals surface area (Å²) >= 11 is 0. The predicted molar refractivity (Wildman–Crippen MR) is 68.7 cm³/mol. The second-order valence-electron chi connectivity index (χ2n) is 4.82. The molecule has 5 nitrogen and oxygen atoms in total. The second kappa shape index (κ2) is 5.42. The highest BCUT2D eigenvalue weighted by molar-refractivity contribution is 5.27. The molecule has 0 spiro atoms. The summed E-state index contributed by atoms with van der Waals surface area (Å²) in [5.41, 5.74) is 7.94. The van der Waals surface area contributed by atoms with Crippen molar-refractivity contribution in [2.45, 2.75) is 26.3 Å². The van der Waals surface area contributed by atoms with Crippen molar-refractivity contribution in [3.63, 3.8) is 0 Å². The van der Waals surface area contributed by atoms with E-state index in [9.17, 15) is 0 Å². The molecule has 1 aromatic rings. The SMILES string of the molecule is CC(C)c1nc(N)ncc1CN1CCNCC1. The molecular formula is C12H21N5. The van der Waals surface area contributed by atoms with E-state index in [0.29, 0.717) is 11.9 Å². The summed E-state index contributed by atoms with van der Waals surface area (Å²) in [6, 6.07) is 0. The van der Waals surface area contributed by atoms with Crippen LogP contribution < -0.4 is 11.1 Å². The van der Waals surface area contributed by atoms with Gasteiger partial charge in [-0.3, -0.25) is 4.90 Å². The van der Waals surface area contributed by atoms with Crippen molar-refractivity contribution in [2.24, 2.45) is 0 Å². The number of nitrogen functional groups attached to an aromatic ring is 1. The lowest BCUT2D eigenvalue weighted by atomic mass is 10.0. The van der Waals surface area contributed by atoms with Crippen molar-refractivity contribution in [1.82, 2.24) is 20.2 Å². The van der Waals surface area contributed by atoms with Crippen LogP contribution in [0.3, 0.4) is 0 Å². The van der Waals surface area contributed by atoms with E-state index in [2.05, 4.69) is 34.0 Å². The van der Waals surface area contributed by atoms with Gasteiger partial charge in [0.15, 0.2) is 0 Å². The molecule has 0 atom stereocenters. The van der Waals surface area contributed by atoms with Gasteiger partial charge in [0, 0.05) is 44.5 Å². The van der Waals surface area contributed by atoms with Gasteiger partial charge in [-0.2, -0.15) is 0 Å². The number of piperazine rings is 1. The molecule has 1 aliphatic heterocycles. The summed E-state index contributed by atoms with van der Waals surface area (Å²) < 4.78 is 0. The van der Waals surface area contributed by atoms with Crippen LogP contribution in [0.25, 0.3) is 0 Å². The lowest BCUT2D eigenvalue weighted by Crippen LogP contribution is -2.43. The van der Waals surface area contributed by atoms with Gasteiger partial charge in [-0.05, 0) is 5.92 Å². The number of nitrogens with zero attached hydrogens (tertiary/aromatic N) is 3. The van der Waals surface area contributed by atoms with Crippen molar-refractivity contribution < 1.29 is 0 Å². The van der Waals surface area contributed by atoms with Gasteiger partial charge in [-0.1, -0.05) is 13.8 Å². The van der Waals surface area contributed by atoms with E-state index in [1.54, 1.807) is 0 Å². The van der Waals surface area contributed by atoms with Crippen LogP contribution in [0.4, 0.5) is 5.95 Å². The molecule has 0 saturated carbocycles. The molecule has 0 unspecified atom stereocenters. The summed E-state index contributed by atoms with van der Waals surface area (Å²) in [6.07, 6.45) is 1.87. The summed E-state index contributed by atoms with van der Waals surface area (Å²) in [5, 5.41) is 3.35. The minimum Gasteiger partial charge on any atom is -0.368 e. The number of hydrogen-bond acceptors (Lipinski definition) is 5. The van der Waals surface area contributed by atoms with Crippen molar-refractivity contribution in [1.29, 1.82) is 0 Å². The quantitative estimate of drug-likeness (QED) is 0.802. The van der Waals surface area contributed by atoms with E-state index in [-0.39, 0.29) is 0 Å². The Kier molecular flexibility index (Phi) is 3.91. The van der Waals surface area contributed by atoms with E-state index >= 15 is 0 Å². The highest BCUT2D eigenvalue weighted by Gasteiger charge is 2.15. The molecule has 1 aromatic heterocycles. The fraction of sp³-hybridized carbons (Fsp3) is 0.667. The van der Waals surface area contributed by atoms with Gasteiger partial charge in [0.25, 0.3) is 0 Å². The number of aromatic nitrogens is 2. The summed E-state index contributed by atoms with van der Waals surface area (Å²) in [6.45, 7) is 9.51. The maximum atomic E-state index is 5.65. The van der Waals surface area contributed by atoms with Gasteiger partial charge in [0.05, 0.1) is 5.69 Å². The molecule has 5 heteroatoms. The van der Waals surface area contributed by atoms with Crippen molar-refractivity contribution in [2.75, 3.05) is 31.9 Å². The highest BCUT2D eigenvalue weighted by atomic mass is 15.2. The first-order valence-electron chi connectivity index (χ1n) is 6.21. The van der Waals surface area contributed by atoms with E-state index in [4.69, 9.17) is 5.73 Å². The Balaban J connectivity index is 2.13. The van der Waals surface area contributed by atoms with E-state index in [1.165, 1.54) is 5.56 Å². The Morgan fingerprint density at radius 2 is 2.12 bits per heavy atom. The number of nitrogens with two attached hydrogens (primary N) is 1. The first kappa shape index (κ1) is 12.3. The van der Waals surface area contributed by atoms with Crippen molar-refractivity contribution in [3.8, 4) is 0 Å². The molecule has 0 bridgehead atoms. The standard InChI is InChI=1S/C12H21N5/c1-9(2)11-10(7-15-12(13)16-11)8-17-5-3-14-4-6-17/h7,9,14H,3-6,8H2,1-2H3,(H2,13,15,16). The average Bonchev–Trinajstić information content (AvgIpc) is 2.32. The average molecular weight is 235 g/mol. The van der Waals surface area contributed by atoms with Gasteiger partial charge in [-0.25, -0.2) is 9.97 Å². The topological polar surface area (TPSA) is 67.1 Å². The third-order valence-corrected chi connectivity index (χ3v) is 3.07. The number of anilines is 1. The first-order chi connectivity index (χ1) is 8.16. The van der Waals surface area contributed by atoms with Crippen molar-refractivity contribution in [3.05, 3.63) is 17.5 Å². The fourth-order valence-corrected chi connectivity index (χ4v) is 2.17. The van der Waals surface area contributed by atoms with Crippen LogP contribution in [0, 0.1) is 0 Å². The van der Waals surface area contributed by atoms with Gasteiger partial charge >= 0.3 is 0 Å². The van der Waals surface area contributed by atoms with Crippen LogP contribution in [0.15, 0.2) is 6.20 Å². The molecule has 0 radical (unpaired) electrons. The van der Waals surface area contributed by atoms with E-state index < -0.39 is 0 Å². The van der Waals surface area contributed by atoms with E-state index in [1.807, 2.05) is 6.20 Å². The van der Waals surface area contributed by atoms with E-state index in [0.717, 1.165) is 38.4 Å². The minimum atomic E-state index is 0.373. The molecule has 1 fully saturated rings. The number of nitrogens with one attached hydrogen (secondary N) is 1. The van der Waals surface area contributed by atoms with Crippen LogP contribution in [0.5, 0.6) is 0 Å².